The van der Waals surface area contributed by atoms with Crippen molar-refractivity contribution >= 4 is 17.7 Å². The fraction of sp³-hybridized carbons (Fsp3) is 0.810. The van der Waals surface area contributed by atoms with Crippen LogP contribution in [0.4, 0.5) is 0 Å². The zero-order valence-corrected chi connectivity index (χ0v) is 44.4. The zero-order valence-electron chi connectivity index (χ0n) is 44.4. The molecule has 1 aliphatic carbocycles. The summed E-state index contributed by atoms with van der Waals surface area (Å²) >= 11 is 0. The number of hydrogen-bond donors (Lipinski definition) is 1. The Morgan fingerprint density at radius 2 is 0.970 bits per heavy atom. The highest BCUT2D eigenvalue weighted by atomic mass is 16.5. The predicted octanol–water partition coefficient (Wildman–Crippen LogP) is 13.9. The van der Waals surface area contributed by atoms with Crippen molar-refractivity contribution < 1.29 is 28.6 Å². The Morgan fingerprint density at radius 1 is 0.522 bits per heavy atom. The maximum absolute atomic E-state index is 13.3. The van der Waals surface area contributed by atoms with Crippen molar-refractivity contribution in [1.29, 1.82) is 0 Å². The first-order valence-corrected chi connectivity index (χ1v) is 27.8. The molecule has 1 saturated carbocycles. The molecule has 0 aliphatic heterocycles. The van der Waals surface area contributed by atoms with E-state index in [1.807, 2.05) is 0 Å². The average Bonchev–Trinajstić information content (AvgIpc) is 3.69. The summed E-state index contributed by atoms with van der Waals surface area (Å²) < 4.78 is 18.3. The molecule has 0 radical (unpaired) electrons. The summed E-state index contributed by atoms with van der Waals surface area (Å²) in [5, 5.41) is 2.96. The molecule has 0 saturated heterocycles. The second kappa shape index (κ2) is 45.8. The van der Waals surface area contributed by atoms with E-state index >= 15 is 0 Å². The Labute approximate surface area is 413 Å². The molecule has 0 heterocycles. The SMILES string of the molecule is CCCCC/C=C\C/C=C\CCCCCCCCOC(=O)C(CCC(=O)CCCCC1C[C@H](OCCN(C)C)[C@H](OCCN(C)C)C1)NC(=O)CCCCCCC/C=C\C/C=C\CCCCC. The van der Waals surface area contributed by atoms with E-state index in [-0.39, 0.29) is 36.7 Å². The fourth-order valence-electron chi connectivity index (χ4n) is 8.58. The van der Waals surface area contributed by atoms with Crippen LogP contribution in [0.15, 0.2) is 48.6 Å². The van der Waals surface area contributed by atoms with Crippen molar-refractivity contribution in [2.45, 2.75) is 238 Å². The summed E-state index contributed by atoms with van der Waals surface area (Å²) in [4.78, 5) is 43.8. The molecule has 0 bridgehead atoms. The van der Waals surface area contributed by atoms with E-state index in [1.165, 1.54) is 77.0 Å². The number of ketones is 1. The van der Waals surface area contributed by atoms with Gasteiger partial charge in [-0.05, 0) is 137 Å². The molecule has 1 aliphatic rings. The molecule has 67 heavy (non-hydrogen) atoms. The summed E-state index contributed by atoms with van der Waals surface area (Å²) in [6, 6.07) is -0.786. The lowest BCUT2D eigenvalue weighted by Crippen LogP contribution is -2.42. The Balaban J connectivity index is 2.49. The maximum atomic E-state index is 13.3. The van der Waals surface area contributed by atoms with Crippen molar-refractivity contribution in [3.63, 3.8) is 0 Å². The molecular weight excluding hydrogens is 835 g/mol. The number of allylic oxidation sites excluding steroid dienone is 8. The second-order valence-corrected chi connectivity index (χ2v) is 19.9. The standard InChI is InChI=1S/C58H105N3O6/c1-7-9-11-13-15-17-19-21-23-25-27-29-31-33-35-39-47-67-58(64)54(59-57(63)42-36-34-32-30-28-26-24-22-20-18-16-14-12-10-8-2)44-43-53(62)41-38-37-40-52-50-55(65-48-45-60(3)4)56(51-52)66-49-46-61(5)6/h15-18,21-24,52,54-56H,7-14,19-20,25-51H2,1-6H3,(H,59,63)/b17-15-,18-16-,23-21-,24-22-/t52?,54?,55-,56+. The number of nitrogens with one attached hydrogen (secondary N) is 1. The van der Waals surface area contributed by atoms with E-state index in [4.69, 9.17) is 14.2 Å². The van der Waals surface area contributed by atoms with Crippen molar-refractivity contribution in [2.75, 3.05) is 61.1 Å². The van der Waals surface area contributed by atoms with Gasteiger partial charge in [0.15, 0.2) is 0 Å². The summed E-state index contributed by atoms with van der Waals surface area (Å²) in [6.45, 7) is 8.02. The maximum Gasteiger partial charge on any atom is 0.328 e. The molecule has 9 nitrogen and oxygen atoms in total. The van der Waals surface area contributed by atoms with Gasteiger partial charge in [-0.25, -0.2) is 4.79 Å². The van der Waals surface area contributed by atoms with Gasteiger partial charge in [-0.1, -0.05) is 146 Å². The van der Waals surface area contributed by atoms with Crippen LogP contribution in [0.2, 0.25) is 0 Å². The van der Waals surface area contributed by atoms with Crippen LogP contribution >= 0.6 is 0 Å². The minimum Gasteiger partial charge on any atom is -0.464 e. The van der Waals surface area contributed by atoms with Gasteiger partial charge in [0.2, 0.25) is 5.91 Å². The Hall–Kier alpha value is -2.59. The summed E-state index contributed by atoms with van der Waals surface area (Å²) in [5.74, 6) is 0.141. The third-order valence-electron chi connectivity index (χ3n) is 12.9. The molecule has 4 atom stereocenters. The van der Waals surface area contributed by atoms with E-state index < -0.39 is 12.0 Å². The number of nitrogens with zero attached hydrogens (tertiary/aromatic N) is 2. The highest BCUT2D eigenvalue weighted by Gasteiger charge is 2.35. The first kappa shape index (κ1) is 62.4. The van der Waals surface area contributed by atoms with Crippen molar-refractivity contribution in [3.8, 4) is 0 Å². The van der Waals surface area contributed by atoms with Crippen LogP contribution in [0.3, 0.4) is 0 Å². The molecule has 0 aromatic heterocycles. The number of carbonyl (C=O) groups is 3. The molecular formula is C58H105N3O6. The average molecular weight is 940 g/mol. The smallest absolute Gasteiger partial charge is 0.328 e. The second-order valence-electron chi connectivity index (χ2n) is 19.9. The van der Waals surface area contributed by atoms with Crippen LogP contribution in [0.5, 0.6) is 0 Å². The number of carbonyl (C=O) groups excluding carboxylic acids is 3. The molecule has 0 aromatic carbocycles. The van der Waals surface area contributed by atoms with Gasteiger partial charge in [-0.2, -0.15) is 0 Å². The van der Waals surface area contributed by atoms with Gasteiger partial charge < -0.3 is 29.3 Å². The van der Waals surface area contributed by atoms with Crippen LogP contribution < -0.4 is 5.32 Å². The molecule has 1 amide bonds. The molecule has 1 rings (SSSR count). The number of Topliss-reactive ketones (excluding diaryl/α,β-unsaturated/α-hetero) is 1. The van der Waals surface area contributed by atoms with E-state index in [0.717, 1.165) is 116 Å². The lowest BCUT2D eigenvalue weighted by atomic mass is 9.98. The first-order valence-electron chi connectivity index (χ1n) is 27.8. The van der Waals surface area contributed by atoms with Crippen molar-refractivity contribution in [2.24, 2.45) is 5.92 Å². The number of ether oxygens (including phenoxy) is 3. The normalized spacial score (nSPS) is 17.1. The molecule has 1 fully saturated rings. The van der Waals surface area contributed by atoms with Gasteiger partial charge in [0.25, 0.3) is 0 Å². The van der Waals surface area contributed by atoms with Crippen molar-refractivity contribution in [1.82, 2.24) is 15.1 Å². The van der Waals surface area contributed by atoms with Gasteiger partial charge in [0, 0.05) is 32.4 Å². The lowest BCUT2D eigenvalue weighted by molar-refractivity contribution is -0.148. The number of rotatable bonds is 47. The van der Waals surface area contributed by atoms with E-state index in [2.05, 4.69) is 106 Å². The van der Waals surface area contributed by atoms with Gasteiger partial charge in [0.1, 0.15) is 11.8 Å². The number of esters is 1. The Kier molecular flexibility index (Phi) is 42.7. The van der Waals surface area contributed by atoms with Crippen LogP contribution in [0.25, 0.3) is 0 Å². The minimum atomic E-state index is -0.786. The quantitative estimate of drug-likeness (QED) is 0.0366. The summed E-state index contributed by atoms with van der Waals surface area (Å²) in [6.07, 6.45) is 51.1. The monoisotopic (exact) mass is 940 g/mol. The summed E-state index contributed by atoms with van der Waals surface area (Å²) in [5.41, 5.74) is 0. The van der Waals surface area contributed by atoms with Crippen LogP contribution in [0.1, 0.15) is 219 Å². The number of amides is 1. The molecule has 1 N–H and O–H groups in total. The van der Waals surface area contributed by atoms with E-state index in [0.29, 0.717) is 38.6 Å². The van der Waals surface area contributed by atoms with E-state index in [9.17, 15) is 14.4 Å². The topological polar surface area (TPSA) is 97.4 Å². The van der Waals surface area contributed by atoms with Gasteiger partial charge >= 0.3 is 5.97 Å². The minimum absolute atomic E-state index is 0.121. The highest BCUT2D eigenvalue weighted by Crippen LogP contribution is 2.34. The van der Waals surface area contributed by atoms with E-state index in [1.54, 1.807) is 0 Å². The fourth-order valence-corrected chi connectivity index (χ4v) is 8.58. The Bertz CT molecular complexity index is 1270. The highest BCUT2D eigenvalue weighted by molar-refractivity contribution is 5.85. The van der Waals surface area contributed by atoms with Gasteiger partial charge in [-0.15, -0.1) is 0 Å². The Morgan fingerprint density at radius 3 is 1.46 bits per heavy atom. The predicted molar refractivity (Wildman–Crippen MR) is 284 cm³/mol. The number of hydrogen-bond acceptors (Lipinski definition) is 8. The van der Waals surface area contributed by atoms with Crippen LogP contribution in [-0.4, -0.2) is 107 Å². The van der Waals surface area contributed by atoms with Crippen molar-refractivity contribution in [3.05, 3.63) is 48.6 Å². The molecule has 0 aromatic rings. The number of unbranched alkanes of at least 4 members (excludes halogenated alkanes) is 18. The van der Waals surface area contributed by atoms with Crippen LogP contribution in [0, 0.1) is 5.92 Å². The largest absolute Gasteiger partial charge is 0.464 e. The molecule has 2 unspecified atom stereocenters. The van der Waals surface area contributed by atoms with Crippen LogP contribution in [-0.2, 0) is 28.6 Å². The first-order chi connectivity index (χ1) is 32.7. The summed E-state index contributed by atoms with van der Waals surface area (Å²) in [7, 11) is 8.26. The molecule has 0 spiro atoms. The zero-order chi connectivity index (χ0) is 48.8. The third-order valence-corrected chi connectivity index (χ3v) is 12.9. The molecule has 388 valence electrons. The van der Waals surface area contributed by atoms with Gasteiger partial charge in [-0.3, -0.25) is 9.59 Å². The number of likely N-dealkylation sites (N-methyl/N-ethyl adjacent to an activating group) is 2. The third kappa shape index (κ3) is 39.9. The van der Waals surface area contributed by atoms with Gasteiger partial charge in [0.05, 0.1) is 32.0 Å². The lowest BCUT2D eigenvalue weighted by Gasteiger charge is -2.22. The molecule has 9 heteroatoms.